The summed E-state index contributed by atoms with van der Waals surface area (Å²) in [6.45, 7) is 0.850. The quantitative estimate of drug-likeness (QED) is 0.585. The molecule has 0 saturated heterocycles. The second-order valence-corrected chi connectivity index (χ2v) is 3.38. The van der Waals surface area contributed by atoms with Gasteiger partial charge in [-0.3, -0.25) is 0 Å². The van der Waals surface area contributed by atoms with Crippen LogP contribution in [0.15, 0.2) is 18.2 Å². The van der Waals surface area contributed by atoms with E-state index in [4.69, 9.17) is 5.11 Å². The largest absolute Gasteiger partial charge is 0.508 e. The number of aromatic hydroxyl groups is 1. The molecule has 1 aliphatic rings. The number of benzene rings is 1. The van der Waals surface area contributed by atoms with E-state index in [2.05, 4.69) is 5.32 Å². The van der Waals surface area contributed by atoms with E-state index in [9.17, 15) is 5.11 Å². The molecule has 1 aromatic carbocycles. The highest BCUT2D eigenvalue weighted by molar-refractivity contribution is 5.41. The molecule has 0 unspecified atom stereocenters. The van der Waals surface area contributed by atoms with Gasteiger partial charge in [-0.15, -0.1) is 0 Å². The van der Waals surface area contributed by atoms with Crippen LogP contribution in [0.1, 0.15) is 11.1 Å². The molecule has 0 saturated carbocycles. The molecule has 13 heavy (non-hydrogen) atoms. The summed E-state index contributed by atoms with van der Waals surface area (Å²) < 4.78 is 0. The topological polar surface area (TPSA) is 52.5 Å². The van der Waals surface area contributed by atoms with Gasteiger partial charge >= 0.3 is 0 Å². The fraction of sp³-hybridized carbons (Fsp3) is 0.400. The third kappa shape index (κ3) is 1.53. The molecule has 1 aromatic rings. The van der Waals surface area contributed by atoms with Crippen LogP contribution < -0.4 is 5.32 Å². The molecule has 0 bridgehead atoms. The maximum atomic E-state index is 9.56. The lowest BCUT2D eigenvalue weighted by molar-refractivity contribution is 0.234. The van der Waals surface area contributed by atoms with Crippen LogP contribution in [-0.2, 0) is 13.0 Å². The number of phenolic OH excluding ortho intramolecular Hbond substituents is 1. The molecule has 3 nitrogen and oxygen atoms in total. The zero-order valence-corrected chi connectivity index (χ0v) is 7.33. The summed E-state index contributed by atoms with van der Waals surface area (Å²) >= 11 is 0. The van der Waals surface area contributed by atoms with Crippen molar-refractivity contribution in [3.8, 4) is 5.75 Å². The van der Waals surface area contributed by atoms with Crippen molar-refractivity contribution in [1.29, 1.82) is 0 Å². The summed E-state index contributed by atoms with van der Waals surface area (Å²) in [5, 5.41) is 21.7. The van der Waals surface area contributed by atoms with Gasteiger partial charge < -0.3 is 15.5 Å². The minimum absolute atomic E-state index is 0.0841. The van der Waals surface area contributed by atoms with Crippen molar-refractivity contribution in [2.45, 2.75) is 19.0 Å². The lowest BCUT2D eigenvalue weighted by Crippen LogP contribution is -2.38. The molecule has 0 fully saturated rings. The number of phenols is 1. The van der Waals surface area contributed by atoms with E-state index in [1.807, 2.05) is 12.1 Å². The van der Waals surface area contributed by atoms with Crippen LogP contribution in [0.4, 0.5) is 0 Å². The molecule has 1 aliphatic heterocycles. The second kappa shape index (κ2) is 3.36. The van der Waals surface area contributed by atoms with Crippen LogP contribution in [0.3, 0.4) is 0 Å². The smallest absolute Gasteiger partial charge is 0.119 e. The van der Waals surface area contributed by atoms with Crippen molar-refractivity contribution in [3.05, 3.63) is 29.3 Å². The van der Waals surface area contributed by atoms with E-state index < -0.39 is 0 Å². The Morgan fingerprint density at radius 3 is 3.08 bits per heavy atom. The molecule has 2 rings (SSSR count). The van der Waals surface area contributed by atoms with Gasteiger partial charge in [0.15, 0.2) is 0 Å². The first-order valence-corrected chi connectivity index (χ1v) is 4.45. The van der Waals surface area contributed by atoms with Gasteiger partial charge in [0.2, 0.25) is 0 Å². The average Bonchev–Trinajstić information content (AvgIpc) is 2.18. The van der Waals surface area contributed by atoms with Crippen molar-refractivity contribution < 1.29 is 10.2 Å². The SMILES string of the molecule is OC[C@H]1Cc2c(O)cccc2CN1. The van der Waals surface area contributed by atoms with E-state index in [1.54, 1.807) is 6.07 Å². The van der Waals surface area contributed by atoms with Crippen molar-refractivity contribution in [2.24, 2.45) is 0 Å². The van der Waals surface area contributed by atoms with Crippen LogP contribution in [-0.4, -0.2) is 22.9 Å². The Kier molecular flexibility index (Phi) is 2.20. The van der Waals surface area contributed by atoms with Crippen molar-refractivity contribution in [1.82, 2.24) is 5.32 Å². The van der Waals surface area contributed by atoms with Crippen LogP contribution in [0.2, 0.25) is 0 Å². The maximum Gasteiger partial charge on any atom is 0.119 e. The van der Waals surface area contributed by atoms with Gasteiger partial charge in [-0.2, -0.15) is 0 Å². The minimum atomic E-state index is 0.0841. The van der Waals surface area contributed by atoms with E-state index in [1.165, 1.54) is 0 Å². The molecule has 0 aromatic heterocycles. The minimum Gasteiger partial charge on any atom is -0.508 e. The van der Waals surface area contributed by atoms with Gasteiger partial charge in [0.05, 0.1) is 6.61 Å². The van der Waals surface area contributed by atoms with E-state index in [0.717, 1.165) is 17.7 Å². The first kappa shape index (κ1) is 8.53. The number of nitrogens with one attached hydrogen (secondary N) is 1. The third-order valence-electron chi connectivity index (χ3n) is 2.50. The predicted octanol–water partition coefficient (Wildman–Crippen LogP) is 0.399. The Balaban J connectivity index is 2.32. The monoisotopic (exact) mass is 179 g/mol. The molecular weight excluding hydrogens is 166 g/mol. The van der Waals surface area contributed by atoms with Crippen LogP contribution in [0, 0.1) is 0 Å². The summed E-state index contributed by atoms with van der Waals surface area (Å²) in [5.41, 5.74) is 2.10. The summed E-state index contributed by atoms with van der Waals surface area (Å²) in [4.78, 5) is 0. The first-order chi connectivity index (χ1) is 6.31. The standard InChI is InChI=1S/C10H13NO2/c12-6-8-4-9-7(5-11-8)2-1-3-10(9)13/h1-3,8,11-13H,4-6H2/t8-/m1/s1. The van der Waals surface area contributed by atoms with E-state index >= 15 is 0 Å². The Morgan fingerprint density at radius 2 is 2.31 bits per heavy atom. The first-order valence-electron chi connectivity index (χ1n) is 4.45. The molecule has 3 N–H and O–H groups in total. The van der Waals surface area contributed by atoms with Gasteiger partial charge in [-0.1, -0.05) is 12.1 Å². The van der Waals surface area contributed by atoms with Gasteiger partial charge in [0.1, 0.15) is 5.75 Å². The Hall–Kier alpha value is -1.06. The average molecular weight is 179 g/mol. The number of hydrogen-bond donors (Lipinski definition) is 3. The van der Waals surface area contributed by atoms with Gasteiger partial charge in [0.25, 0.3) is 0 Å². The fourth-order valence-corrected chi connectivity index (χ4v) is 1.72. The number of rotatable bonds is 1. The van der Waals surface area contributed by atoms with Gasteiger partial charge in [0, 0.05) is 12.6 Å². The Labute approximate surface area is 77.0 Å². The normalized spacial score (nSPS) is 21.2. The van der Waals surface area contributed by atoms with E-state index in [0.29, 0.717) is 12.2 Å². The molecule has 0 amide bonds. The van der Waals surface area contributed by atoms with Crippen molar-refractivity contribution in [3.63, 3.8) is 0 Å². The summed E-state index contributed by atoms with van der Waals surface area (Å²) in [6.07, 6.45) is 0.707. The summed E-state index contributed by atoms with van der Waals surface area (Å²) in [6, 6.07) is 5.62. The van der Waals surface area contributed by atoms with E-state index in [-0.39, 0.29) is 12.6 Å². The number of hydrogen-bond acceptors (Lipinski definition) is 3. The predicted molar refractivity (Wildman–Crippen MR) is 49.5 cm³/mol. The van der Waals surface area contributed by atoms with Crippen molar-refractivity contribution in [2.75, 3.05) is 6.61 Å². The number of fused-ring (bicyclic) bond motifs is 1. The molecule has 0 aliphatic carbocycles. The van der Waals surface area contributed by atoms with Gasteiger partial charge in [-0.25, -0.2) is 0 Å². The highest BCUT2D eigenvalue weighted by Crippen LogP contribution is 2.25. The lowest BCUT2D eigenvalue weighted by atomic mass is 9.95. The van der Waals surface area contributed by atoms with Crippen LogP contribution >= 0.6 is 0 Å². The Morgan fingerprint density at radius 1 is 1.46 bits per heavy atom. The third-order valence-corrected chi connectivity index (χ3v) is 2.50. The molecule has 70 valence electrons. The molecule has 3 heteroatoms. The highest BCUT2D eigenvalue weighted by atomic mass is 16.3. The van der Waals surface area contributed by atoms with Crippen LogP contribution in [0.5, 0.6) is 5.75 Å². The Bertz CT molecular complexity index is 312. The summed E-state index contributed by atoms with van der Waals surface area (Å²) in [7, 11) is 0. The zero-order valence-electron chi connectivity index (χ0n) is 7.33. The highest BCUT2D eigenvalue weighted by Gasteiger charge is 2.19. The molecule has 0 radical (unpaired) electrons. The molecule has 1 heterocycles. The van der Waals surface area contributed by atoms with Crippen molar-refractivity contribution >= 4 is 0 Å². The fourth-order valence-electron chi connectivity index (χ4n) is 1.72. The number of aliphatic hydroxyl groups is 1. The molecule has 1 atom stereocenters. The molecule has 0 spiro atoms. The second-order valence-electron chi connectivity index (χ2n) is 3.38. The summed E-state index contributed by atoms with van der Waals surface area (Å²) in [5.74, 6) is 0.345. The lowest BCUT2D eigenvalue weighted by Gasteiger charge is -2.24. The van der Waals surface area contributed by atoms with Crippen LogP contribution in [0.25, 0.3) is 0 Å². The van der Waals surface area contributed by atoms with Gasteiger partial charge in [-0.05, 0) is 23.6 Å². The molecular formula is C10H13NO2. The number of aliphatic hydroxyl groups excluding tert-OH is 1. The maximum absolute atomic E-state index is 9.56. The zero-order chi connectivity index (χ0) is 9.26.